The van der Waals surface area contributed by atoms with E-state index < -0.39 is 33.8 Å². The lowest BCUT2D eigenvalue weighted by atomic mass is 10.3. The van der Waals surface area contributed by atoms with E-state index in [2.05, 4.69) is 0 Å². The maximum atomic E-state index is 11.0. The Balaban J connectivity index is 3.51. The highest BCUT2D eigenvalue weighted by Crippen LogP contribution is 2.08. The largest absolute Gasteiger partial charge is 0.477 e. The summed E-state index contributed by atoms with van der Waals surface area (Å²) in [7, 11) is 0. The summed E-state index contributed by atoms with van der Waals surface area (Å²) in [5.41, 5.74) is -1.99. The smallest absolute Gasteiger partial charge is 0.354 e. The molecule has 1 aromatic rings. The lowest BCUT2D eigenvalue weighted by molar-refractivity contribution is 0.0685. The Bertz CT molecular complexity index is 464. The minimum Gasteiger partial charge on any atom is -0.477 e. The molecule has 0 unspecified atom stereocenters. The van der Waals surface area contributed by atoms with Gasteiger partial charge in [0.25, 0.3) is 0 Å². The van der Waals surface area contributed by atoms with Crippen molar-refractivity contribution in [2.75, 3.05) is 0 Å². The summed E-state index contributed by atoms with van der Waals surface area (Å²) < 4.78 is 0. The number of carboxylic acid groups (broad SMARTS) is 2. The van der Waals surface area contributed by atoms with Gasteiger partial charge in [-0.25, -0.2) is 9.59 Å². The fraction of sp³-hybridized carbons (Fsp3) is 0. The number of carboxylic acids is 2. The summed E-state index contributed by atoms with van der Waals surface area (Å²) in [6.07, 6.45) is 0. The van der Waals surface area contributed by atoms with Crippen molar-refractivity contribution in [2.24, 2.45) is 0 Å². The van der Waals surface area contributed by atoms with Crippen molar-refractivity contribution in [2.45, 2.75) is 0 Å². The highest BCUT2D eigenvalue weighted by Gasteiger charge is 2.16. The van der Waals surface area contributed by atoms with Crippen molar-refractivity contribution in [3.05, 3.63) is 32.7 Å². The second-order valence-corrected chi connectivity index (χ2v) is 2.72. The Morgan fingerprint density at radius 2 is 1.86 bits per heavy atom. The lowest BCUT2D eigenvalue weighted by Gasteiger charge is -2.00. The molecule has 0 saturated carbocycles. The first-order chi connectivity index (χ1) is 6.43. The van der Waals surface area contributed by atoms with Gasteiger partial charge in [0.15, 0.2) is 0 Å². The number of hydrogen-bond donors (Lipinski definition) is 3. The maximum Gasteiger partial charge on any atom is 0.354 e. The number of pyridine rings is 1. The molecule has 14 heavy (non-hydrogen) atoms. The van der Waals surface area contributed by atoms with Crippen LogP contribution in [0.25, 0.3) is 0 Å². The first kappa shape index (κ1) is 10.3. The fourth-order valence-electron chi connectivity index (χ4n) is 0.806. The van der Waals surface area contributed by atoms with Crippen LogP contribution in [-0.2, 0) is 0 Å². The van der Waals surface area contributed by atoms with Crippen LogP contribution in [-0.4, -0.2) is 27.1 Å². The number of hydrogen-bond acceptors (Lipinski definition) is 3. The summed E-state index contributed by atoms with van der Waals surface area (Å²) in [6, 6.07) is 0.719. The van der Waals surface area contributed by atoms with Gasteiger partial charge >= 0.3 is 11.9 Å². The molecule has 0 fully saturated rings. The predicted molar refractivity (Wildman–Crippen MR) is 46.0 cm³/mol. The molecule has 0 aliphatic heterocycles. The average molecular weight is 218 g/mol. The third-order valence-electron chi connectivity index (χ3n) is 1.42. The zero-order valence-corrected chi connectivity index (χ0v) is 7.33. The standard InChI is InChI=1S/C7H4ClNO5/c8-4-3(10)1-2(6(11)12)9-5(4)7(13)14/h1H,(H,9,10)(H,11,12)(H,13,14). The number of aromatic nitrogens is 1. The van der Waals surface area contributed by atoms with Crippen LogP contribution in [0.2, 0.25) is 5.02 Å². The molecule has 0 bridgehead atoms. The molecule has 3 N–H and O–H groups in total. The number of carbonyl (C=O) groups is 2. The van der Waals surface area contributed by atoms with Gasteiger partial charge in [-0.3, -0.25) is 4.79 Å². The van der Waals surface area contributed by atoms with Gasteiger partial charge in [-0.1, -0.05) is 11.6 Å². The summed E-state index contributed by atoms with van der Waals surface area (Å²) >= 11 is 5.35. The van der Waals surface area contributed by atoms with Crippen molar-refractivity contribution in [3.63, 3.8) is 0 Å². The second-order valence-electron chi connectivity index (χ2n) is 2.35. The first-order valence-corrected chi connectivity index (χ1v) is 3.70. The Morgan fingerprint density at radius 1 is 1.29 bits per heavy atom. The molecule has 0 saturated heterocycles. The third kappa shape index (κ3) is 1.74. The van der Waals surface area contributed by atoms with Crippen LogP contribution >= 0.6 is 11.6 Å². The average Bonchev–Trinajstić information content (AvgIpc) is 2.08. The van der Waals surface area contributed by atoms with E-state index in [-0.39, 0.29) is 0 Å². The van der Waals surface area contributed by atoms with Gasteiger partial charge in [0.05, 0.1) is 0 Å². The minimum absolute atomic E-state index is 0.517. The molecular weight excluding hydrogens is 214 g/mol. The molecule has 0 aliphatic rings. The monoisotopic (exact) mass is 217 g/mol. The molecule has 0 aromatic carbocycles. The first-order valence-electron chi connectivity index (χ1n) is 3.33. The van der Waals surface area contributed by atoms with Gasteiger partial charge in [0.1, 0.15) is 16.4 Å². The molecule has 0 radical (unpaired) electrons. The SMILES string of the molecule is O=C(O)c1cc(=O)c(Cl)c(C(=O)O)[nH]1. The van der Waals surface area contributed by atoms with Crippen molar-refractivity contribution >= 4 is 23.5 Å². The van der Waals surface area contributed by atoms with Crippen molar-refractivity contribution in [3.8, 4) is 0 Å². The zero-order chi connectivity index (χ0) is 10.9. The van der Waals surface area contributed by atoms with Gasteiger partial charge in [-0.2, -0.15) is 0 Å². The second kappa shape index (κ2) is 3.51. The molecule has 1 heterocycles. The molecular formula is C7H4ClNO5. The third-order valence-corrected chi connectivity index (χ3v) is 1.79. The number of nitrogens with one attached hydrogen (secondary N) is 1. The van der Waals surface area contributed by atoms with E-state index in [1.165, 1.54) is 0 Å². The molecule has 0 atom stereocenters. The van der Waals surface area contributed by atoms with E-state index in [0.717, 1.165) is 6.07 Å². The fourth-order valence-corrected chi connectivity index (χ4v) is 0.988. The lowest BCUT2D eigenvalue weighted by Crippen LogP contribution is -2.16. The van der Waals surface area contributed by atoms with Crippen molar-refractivity contribution in [1.82, 2.24) is 4.98 Å². The highest BCUT2D eigenvalue weighted by atomic mass is 35.5. The van der Waals surface area contributed by atoms with Gasteiger partial charge in [0.2, 0.25) is 5.43 Å². The van der Waals surface area contributed by atoms with E-state index >= 15 is 0 Å². The normalized spacial score (nSPS) is 9.79. The number of aromatic amines is 1. The van der Waals surface area contributed by atoms with Crippen LogP contribution in [0.15, 0.2) is 10.9 Å². The number of rotatable bonds is 2. The highest BCUT2D eigenvalue weighted by molar-refractivity contribution is 6.33. The molecule has 1 aromatic heterocycles. The summed E-state index contributed by atoms with van der Waals surface area (Å²) in [5.74, 6) is -2.92. The summed E-state index contributed by atoms with van der Waals surface area (Å²) in [4.78, 5) is 33.9. The van der Waals surface area contributed by atoms with Gasteiger partial charge < -0.3 is 15.2 Å². The molecule has 1 rings (SSSR count). The van der Waals surface area contributed by atoms with E-state index in [0.29, 0.717) is 0 Å². The zero-order valence-electron chi connectivity index (χ0n) is 6.57. The molecule has 0 amide bonds. The summed E-state index contributed by atoms with van der Waals surface area (Å²) in [5, 5.41) is 16.5. The summed E-state index contributed by atoms with van der Waals surface area (Å²) in [6.45, 7) is 0. The molecule has 74 valence electrons. The van der Waals surface area contributed by atoms with Gasteiger partial charge in [0, 0.05) is 6.07 Å². The van der Waals surface area contributed by atoms with E-state index in [4.69, 9.17) is 21.8 Å². The quantitative estimate of drug-likeness (QED) is 0.666. The van der Waals surface area contributed by atoms with Crippen LogP contribution < -0.4 is 5.43 Å². The van der Waals surface area contributed by atoms with Crippen molar-refractivity contribution < 1.29 is 19.8 Å². The van der Waals surface area contributed by atoms with Crippen LogP contribution in [0.3, 0.4) is 0 Å². The molecule has 7 heteroatoms. The van der Waals surface area contributed by atoms with Gasteiger partial charge in [-0.15, -0.1) is 0 Å². The number of aromatic carboxylic acids is 2. The predicted octanol–water partition coefficient (Wildman–Crippen LogP) is 0.425. The Labute approximate surface area is 81.8 Å². The van der Waals surface area contributed by atoms with Crippen LogP contribution in [0.5, 0.6) is 0 Å². The Morgan fingerprint density at radius 3 is 2.29 bits per heavy atom. The minimum atomic E-state index is -1.49. The van der Waals surface area contributed by atoms with E-state index in [1.807, 2.05) is 4.98 Å². The van der Waals surface area contributed by atoms with E-state index in [9.17, 15) is 14.4 Å². The Hall–Kier alpha value is -1.82. The number of halogens is 1. The van der Waals surface area contributed by atoms with Crippen LogP contribution in [0.1, 0.15) is 21.0 Å². The Kier molecular flexibility index (Phi) is 2.57. The van der Waals surface area contributed by atoms with Gasteiger partial charge in [-0.05, 0) is 0 Å². The molecule has 0 aliphatic carbocycles. The molecule has 0 spiro atoms. The number of H-pyrrole nitrogens is 1. The van der Waals surface area contributed by atoms with Crippen LogP contribution in [0, 0.1) is 0 Å². The topological polar surface area (TPSA) is 107 Å². The maximum absolute atomic E-state index is 11.0. The van der Waals surface area contributed by atoms with E-state index in [1.54, 1.807) is 0 Å². The molecule has 6 nitrogen and oxygen atoms in total. The van der Waals surface area contributed by atoms with Crippen molar-refractivity contribution in [1.29, 1.82) is 0 Å². The van der Waals surface area contributed by atoms with Crippen LogP contribution in [0.4, 0.5) is 0 Å².